The van der Waals surface area contributed by atoms with Gasteiger partial charge in [0.2, 0.25) is 11.8 Å². The highest BCUT2D eigenvalue weighted by molar-refractivity contribution is 6.01. The van der Waals surface area contributed by atoms with Crippen molar-refractivity contribution >= 4 is 23.4 Å². The van der Waals surface area contributed by atoms with Crippen LogP contribution in [0.5, 0.6) is 0 Å². The molecule has 5 N–H and O–H groups in total. The average molecular weight is 604 g/mol. The smallest absolute Gasteiger partial charge is 0.382 e. The third-order valence-corrected chi connectivity index (χ3v) is 7.28. The van der Waals surface area contributed by atoms with E-state index in [2.05, 4.69) is 32.7 Å². The molecule has 0 heterocycles. The van der Waals surface area contributed by atoms with Gasteiger partial charge in [-0.15, -0.1) is 0 Å². The Labute approximate surface area is 252 Å². The molecule has 1 aliphatic carbocycles. The molecule has 1 atom stereocenters. The minimum atomic E-state index is -4.63. The first-order chi connectivity index (χ1) is 20.1. The van der Waals surface area contributed by atoms with E-state index < -0.39 is 47.6 Å². The molecule has 0 radical (unpaired) electrons. The van der Waals surface area contributed by atoms with Crippen LogP contribution in [-0.2, 0) is 22.3 Å². The second kappa shape index (κ2) is 14.7. The molecular weight excluding hydrogens is 559 g/mol. The van der Waals surface area contributed by atoms with Crippen molar-refractivity contribution in [2.24, 2.45) is 0 Å². The molecule has 1 fully saturated rings. The van der Waals surface area contributed by atoms with Gasteiger partial charge in [-0.25, -0.2) is 0 Å². The number of nitrogens with one attached hydrogen (secondary N) is 5. The van der Waals surface area contributed by atoms with Crippen LogP contribution in [0, 0.1) is 13.8 Å². The third-order valence-electron chi connectivity index (χ3n) is 7.28. The number of rotatable bonds is 11. The van der Waals surface area contributed by atoms with Crippen molar-refractivity contribution in [3.05, 3.63) is 64.2 Å². The zero-order chi connectivity index (χ0) is 31.8. The minimum Gasteiger partial charge on any atom is -0.382 e. The number of aryl methyl sites for hydroxylation is 2. The number of benzene rings is 2. The average Bonchev–Trinajstić information content (AvgIpc) is 2.91. The highest BCUT2D eigenvalue weighted by atomic mass is 19.4. The molecule has 11 heteroatoms. The van der Waals surface area contributed by atoms with Crippen LogP contribution in [0.15, 0.2) is 36.4 Å². The summed E-state index contributed by atoms with van der Waals surface area (Å²) in [5.74, 6) is -1.87. The summed E-state index contributed by atoms with van der Waals surface area (Å²) < 4.78 is 40.4. The van der Waals surface area contributed by atoms with Gasteiger partial charge in [0.25, 0.3) is 5.91 Å². The Morgan fingerprint density at radius 3 is 2.28 bits per heavy atom. The van der Waals surface area contributed by atoms with Crippen LogP contribution >= 0.6 is 0 Å². The quantitative estimate of drug-likeness (QED) is 0.249. The van der Waals surface area contributed by atoms with Gasteiger partial charge in [0.05, 0.1) is 17.7 Å². The summed E-state index contributed by atoms with van der Waals surface area (Å²) in [5, 5.41) is 14.4. The van der Waals surface area contributed by atoms with Crippen molar-refractivity contribution in [2.75, 3.05) is 18.4 Å². The monoisotopic (exact) mass is 603 g/mol. The highest BCUT2D eigenvalue weighted by Crippen LogP contribution is 2.33. The number of hydrogen-bond acceptors (Lipinski definition) is 5. The first kappa shape index (κ1) is 33.9. The van der Waals surface area contributed by atoms with Gasteiger partial charge >= 0.3 is 6.18 Å². The molecule has 0 saturated heterocycles. The fourth-order valence-electron chi connectivity index (χ4n) is 5.06. The van der Waals surface area contributed by atoms with E-state index in [1.165, 1.54) is 6.07 Å². The molecule has 2 aromatic rings. The highest BCUT2D eigenvalue weighted by Gasteiger charge is 2.32. The predicted molar refractivity (Wildman–Crippen MR) is 162 cm³/mol. The lowest BCUT2D eigenvalue weighted by Crippen LogP contribution is -2.56. The maximum absolute atomic E-state index is 13.5. The molecule has 3 rings (SSSR count). The Balaban J connectivity index is 1.67. The molecule has 8 nitrogen and oxygen atoms in total. The summed E-state index contributed by atoms with van der Waals surface area (Å²) in [6, 6.07) is 8.17. The van der Waals surface area contributed by atoms with Gasteiger partial charge < -0.3 is 26.6 Å². The van der Waals surface area contributed by atoms with Crippen molar-refractivity contribution in [1.82, 2.24) is 21.3 Å². The van der Waals surface area contributed by atoms with Crippen molar-refractivity contribution in [1.29, 1.82) is 0 Å². The van der Waals surface area contributed by atoms with E-state index in [1.54, 1.807) is 0 Å². The molecular formula is C32H44F3N5O3. The van der Waals surface area contributed by atoms with Gasteiger partial charge in [-0.1, -0.05) is 43.0 Å². The Morgan fingerprint density at radius 1 is 0.953 bits per heavy atom. The molecule has 43 heavy (non-hydrogen) atoms. The number of carbonyl (C=O) groups excluding carboxylic acids is 3. The van der Waals surface area contributed by atoms with Crippen LogP contribution in [0.25, 0.3) is 0 Å². The number of carbonyl (C=O) groups is 3. The maximum Gasteiger partial charge on any atom is 0.416 e. The van der Waals surface area contributed by atoms with Crippen LogP contribution < -0.4 is 26.6 Å². The summed E-state index contributed by atoms with van der Waals surface area (Å²) in [4.78, 5) is 39.0. The molecule has 1 saturated carbocycles. The van der Waals surface area contributed by atoms with E-state index in [0.29, 0.717) is 6.54 Å². The Bertz CT molecular complexity index is 1280. The molecule has 0 spiro atoms. The Morgan fingerprint density at radius 2 is 1.65 bits per heavy atom. The Kier molecular flexibility index (Phi) is 11.6. The molecule has 3 amide bonds. The number of halogens is 3. The first-order valence-corrected chi connectivity index (χ1v) is 14.8. The van der Waals surface area contributed by atoms with E-state index in [-0.39, 0.29) is 23.8 Å². The maximum atomic E-state index is 13.5. The second-order valence-corrected chi connectivity index (χ2v) is 12.3. The lowest BCUT2D eigenvalue weighted by molar-refractivity contribution is -0.137. The normalized spacial score (nSPS) is 15.0. The summed E-state index contributed by atoms with van der Waals surface area (Å²) in [5.41, 5.74) is 1.89. The van der Waals surface area contributed by atoms with E-state index in [9.17, 15) is 27.6 Å². The second-order valence-electron chi connectivity index (χ2n) is 12.3. The van der Waals surface area contributed by atoms with Crippen molar-refractivity contribution < 1.29 is 27.6 Å². The number of amides is 3. The van der Waals surface area contributed by atoms with E-state index in [1.807, 2.05) is 46.8 Å². The summed E-state index contributed by atoms with van der Waals surface area (Å²) in [7, 11) is 0. The number of anilines is 1. The molecule has 0 unspecified atom stereocenters. The van der Waals surface area contributed by atoms with Crippen LogP contribution in [0.3, 0.4) is 0 Å². The van der Waals surface area contributed by atoms with Crippen molar-refractivity contribution in [2.45, 2.75) is 97.1 Å². The van der Waals surface area contributed by atoms with Gasteiger partial charge in [-0.3, -0.25) is 14.4 Å². The van der Waals surface area contributed by atoms with Crippen LogP contribution in [-0.4, -0.2) is 48.4 Å². The fourth-order valence-corrected chi connectivity index (χ4v) is 5.06. The molecule has 2 aromatic carbocycles. The summed E-state index contributed by atoms with van der Waals surface area (Å²) >= 11 is 0. The fraction of sp³-hybridized carbons (Fsp3) is 0.531. The summed E-state index contributed by atoms with van der Waals surface area (Å²) in [6.07, 6.45) is 0.198. The molecule has 236 valence electrons. The van der Waals surface area contributed by atoms with Gasteiger partial charge in [0.15, 0.2) is 0 Å². The summed E-state index contributed by atoms with van der Waals surface area (Å²) in [6.45, 7) is 9.55. The largest absolute Gasteiger partial charge is 0.416 e. The standard InChI is InChI=1S/C32H44F3N5O3/c1-20-11-12-22(21(2)15-20)17-36-18-27(30(43)40-31(3,4)5)39-28(41)19-37-29(42)25-16-23(32(33,34)35)13-14-26(25)38-24-9-7-6-8-10-24/h11-16,24,27,36,38H,6-10,17-19H2,1-5H3,(H,37,42)(H,39,41)(H,40,43)/t27-/m0/s1. The van der Waals surface area contributed by atoms with Crippen molar-refractivity contribution in [3.8, 4) is 0 Å². The van der Waals surface area contributed by atoms with Gasteiger partial charge in [-0.2, -0.15) is 13.2 Å². The molecule has 0 aliphatic heterocycles. The van der Waals surface area contributed by atoms with Crippen LogP contribution in [0.4, 0.5) is 18.9 Å². The predicted octanol–water partition coefficient (Wildman–Crippen LogP) is 4.99. The molecule has 1 aliphatic rings. The SMILES string of the molecule is Cc1ccc(CNC[C@H](NC(=O)CNC(=O)c2cc(C(F)(F)F)ccc2NC2CCCCC2)C(=O)NC(C)(C)C)c(C)c1. The Hall–Kier alpha value is -3.60. The molecule has 0 bridgehead atoms. The number of hydrogen-bond donors (Lipinski definition) is 5. The lowest BCUT2D eigenvalue weighted by Gasteiger charge is -2.26. The zero-order valence-electron chi connectivity index (χ0n) is 25.6. The van der Waals surface area contributed by atoms with E-state index >= 15 is 0 Å². The number of alkyl halides is 3. The topological polar surface area (TPSA) is 111 Å². The van der Waals surface area contributed by atoms with Crippen LogP contribution in [0.1, 0.15) is 85.5 Å². The van der Waals surface area contributed by atoms with Gasteiger partial charge in [-0.05, 0) is 76.8 Å². The van der Waals surface area contributed by atoms with E-state index in [0.717, 1.165) is 60.9 Å². The molecule has 0 aromatic heterocycles. The van der Waals surface area contributed by atoms with Gasteiger partial charge in [0.1, 0.15) is 6.04 Å². The van der Waals surface area contributed by atoms with Gasteiger partial charge in [0, 0.05) is 30.4 Å². The van der Waals surface area contributed by atoms with Crippen molar-refractivity contribution in [3.63, 3.8) is 0 Å². The first-order valence-electron chi connectivity index (χ1n) is 14.8. The van der Waals surface area contributed by atoms with Crippen LogP contribution in [0.2, 0.25) is 0 Å². The third kappa shape index (κ3) is 10.9. The van der Waals surface area contributed by atoms with E-state index in [4.69, 9.17) is 0 Å². The lowest BCUT2D eigenvalue weighted by atomic mass is 9.95. The zero-order valence-corrected chi connectivity index (χ0v) is 25.6. The minimum absolute atomic E-state index is 0.0543.